The van der Waals surface area contributed by atoms with Gasteiger partial charge in [0, 0.05) is 5.71 Å². The Hall–Kier alpha value is -1.11. The van der Waals surface area contributed by atoms with Crippen molar-refractivity contribution in [1.82, 2.24) is 0 Å². The molecule has 0 saturated carbocycles. The Kier molecular flexibility index (Phi) is 2.17. The van der Waals surface area contributed by atoms with Gasteiger partial charge in [0.25, 0.3) is 0 Å². The monoisotopic (exact) mass is 173 g/mol. The zero-order valence-corrected chi connectivity index (χ0v) is 8.25. The normalized spacial score (nSPS) is 20.8. The van der Waals surface area contributed by atoms with Crippen LogP contribution in [0.3, 0.4) is 0 Å². The third kappa shape index (κ3) is 1.51. The molecule has 1 aromatic carbocycles. The largest absolute Gasteiger partial charge is 0.257 e. The average Bonchev–Trinajstić information content (AvgIpc) is 2.17. The Morgan fingerprint density at radius 2 is 2.15 bits per heavy atom. The van der Waals surface area contributed by atoms with Gasteiger partial charge in [-0.1, -0.05) is 32.0 Å². The maximum Gasteiger partial charge on any atom is 0.0661 e. The van der Waals surface area contributed by atoms with E-state index in [1.54, 1.807) is 0 Å². The number of fused-ring (bicyclic) bond motifs is 1. The van der Waals surface area contributed by atoms with Crippen LogP contribution in [0.1, 0.15) is 25.8 Å². The van der Waals surface area contributed by atoms with Crippen LogP contribution < -0.4 is 0 Å². The lowest BCUT2D eigenvalue weighted by molar-refractivity contribution is 0.738. The van der Waals surface area contributed by atoms with Crippen molar-refractivity contribution in [2.24, 2.45) is 10.9 Å². The third-order valence-electron chi connectivity index (χ3n) is 2.71. The van der Waals surface area contributed by atoms with Crippen LogP contribution in [-0.4, -0.2) is 5.71 Å². The maximum atomic E-state index is 4.66. The van der Waals surface area contributed by atoms with Crippen LogP contribution in [-0.2, 0) is 6.42 Å². The van der Waals surface area contributed by atoms with Crippen LogP contribution in [0, 0.1) is 5.92 Å². The fraction of sp³-hybridized carbons (Fsp3) is 0.417. The summed E-state index contributed by atoms with van der Waals surface area (Å²) in [6.07, 6.45) is 2.23. The molecule has 2 rings (SSSR count). The Balaban J connectivity index is 2.44. The van der Waals surface area contributed by atoms with Gasteiger partial charge in [-0.2, -0.15) is 0 Å². The molecule has 1 heterocycles. The Bertz CT molecular complexity index is 339. The van der Waals surface area contributed by atoms with Crippen molar-refractivity contribution in [3.05, 3.63) is 29.8 Å². The van der Waals surface area contributed by atoms with Gasteiger partial charge in [-0.05, 0) is 30.4 Å². The van der Waals surface area contributed by atoms with Gasteiger partial charge in [0.2, 0.25) is 0 Å². The van der Waals surface area contributed by atoms with E-state index >= 15 is 0 Å². The molecular formula is C12H15N. The van der Waals surface area contributed by atoms with Gasteiger partial charge >= 0.3 is 0 Å². The number of rotatable bonds is 1. The van der Waals surface area contributed by atoms with Crippen molar-refractivity contribution in [1.29, 1.82) is 0 Å². The lowest BCUT2D eigenvalue weighted by Crippen LogP contribution is -2.16. The fourth-order valence-electron chi connectivity index (χ4n) is 1.93. The minimum Gasteiger partial charge on any atom is -0.257 e. The van der Waals surface area contributed by atoms with Crippen LogP contribution in [0.4, 0.5) is 5.69 Å². The zero-order valence-electron chi connectivity index (χ0n) is 8.25. The second kappa shape index (κ2) is 3.33. The fourth-order valence-corrected chi connectivity index (χ4v) is 1.93. The predicted molar refractivity (Wildman–Crippen MR) is 56.7 cm³/mol. The first-order valence-electron chi connectivity index (χ1n) is 4.96. The minimum atomic E-state index is 0.625. The van der Waals surface area contributed by atoms with Crippen molar-refractivity contribution in [2.45, 2.75) is 26.7 Å². The van der Waals surface area contributed by atoms with E-state index in [1.807, 2.05) is 0 Å². The van der Waals surface area contributed by atoms with Crippen molar-refractivity contribution in [3.8, 4) is 0 Å². The van der Waals surface area contributed by atoms with E-state index in [2.05, 4.69) is 43.1 Å². The maximum absolute atomic E-state index is 4.66. The summed E-state index contributed by atoms with van der Waals surface area (Å²) < 4.78 is 0. The van der Waals surface area contributed by atoms with E-state index in [-0.39, 0.29) is 0 Å². The highest BCUT2D eigenvalue weighted by Crippen LogP contribution is 2.28. The van der Waals surface area contributed by atoms with E-state index in [0.717, 1.165) is 12.8 Å². The SMILES string of the molecule is CCC1=Nc2ccccc2C[C@H]1C. The second-order valence-corrected chi connectivity index (χ2v) is 3.69. The molecule has 0 amide bonds. The quantitative estimate of drug-likeness (QED) is 0.617. The van der Waals surface area contributed by atoms with E-state index < -0.39 is 0 Å². The van der Waals surface area contributed by atoms with Gasteiger partial charge in [0.15, 0.2) is 0 Å². The molecule has 0 N–H and O–H groups in total. The molecule has 1 atom stereocenters. The minimum absolute atomic E-state index is 0.625. The number of nitrogens with zero attached hydrogens (tertiary/aromatic N) is 1. The number of para-hydroxylation sites is 1. The van der Waals surface area contributed by atoms with Crippen LogP contribution in [0.15, 0.2) is 29.3 Å². The van der Waals surface area contributed by atoms with Crippen LogP contribution >= 0.6 is 0 Å². The van der Waals surface area contributed by atoms with E-state index in [0.29, 0.717) is 5.92 Å². The average molecular weight is 173 g/mol. The highest BCUT2D eigenvalue weighted by atomic mass is 14.8. The van der Waals surface area contributed by atoms with E-state index in [9.17, 15) is 0 Å². The van der Waals surface area contributed by atoms with Gasteiger partial charge in [-0.25, -0.2) is 0 Å². The summed E-state index contributed by atoms with van der Waals surface area (Å²) in [6.45, 7) is 4.45. The molecular weight excluding hydrogens is 158 g/mol. The molecule has 1 nitrogen and oxygen atoms in total. The van der Waals surface area contributed by atoms with E-state index in [4.69, 9.17) is 0 Å². The summed E-state index contributed by atoms with van der Waals surface area (Å²) in [7, 11) is 0. The summed E-state index contributed by atoms with van der Waals surface area (Å²) in [6, 6.07) is 8.45. The molecule has 1 aromatic rings. The molecule has 0 fully saturated rings. The topological polar surface area (TPSA) is 12.4 Å². The van der Waals surface area contributed by atoms with Gasteiger partial charge in [0.1, 0.15) is 0 Å². The Labute approximate surface area is 79.5 Å². The first-order chi connectivity index (χ1) is 6.31. The number of aliphatic imine (C=N–C) groups is 1. The number of hydrogen-bond donors (Lipinski definition) is 0. The molecule has 1 heteroatoms. The second-order valence-electron chi connectivity index (χ2n) is 3.69. The van der Waals surface area contributed by atoms with Crippen molar-refractivity contribution in [3.63, 3.8) is 0 Å². The first-order valence-corrected chi connectivity index (χ1v) is 4.96. The van der Waals surface area contributed by atoms with Crippen molar-refractivity contribution in [2.75, 3.05) is 0 Å². The van der Waals surface area contributed by atoms with Crippen molar-refractivity contribution >= 4 is 11.4 Å². The molecule has 68 valence electrons. The van der Waals surface area contributed by atoms with Gasteiger partial charge in [-0.15, -0.1) is 0 Å². The van der Waals surface area contributed by atoms with Gasteiger partial charge in [-0.3, -0.25) is 4.99 Å². The smallest absolute Gasteiger partial charge is 0.0661 e. The summed E-state index contributed by atoms with van der Waals surface area (Å²) >= 11 is 0. The summed E-state index contributed by atoms with van der Waals surface area (Å²) in [5.41, 5.74) is 3.92. The predicted octanol–water partition coefficient (Wildman–Crippen LogP) is 3.36. The molecule has 0 saturated heterocycles. The lowest BCUT2D eigenvalue weighted by Gasteiger charge is -2.20. The van der Waals surface area contributed by atoms with Crippen LogP contribution in [0.25, 0.3) is 0 Å². The van der Waals surface area contributed by atoms with Crippen LogP contribution in [0.5, 0.6) is 0 Å². The van der Waals surface area contributed by atoms with E-state index in [1.165, 1.54) is 17.0 Å². The van der Waals surface area contributed by atoms with Gasteiger partial charge < -0.3 is 0 Å². The number of benzene rings is 1. The van der Waals surface area contributed by atoms with Gasteiger partial charge in [0.05, 0.1) is 5.69 Å². The number of hydrogen-bond acceptors (Lipinski definition) is 1. The molecule has 13 heavy (non-hydrogen) atoms. The molecule has 1 aliphatic rings. The molecule has 0 aliphatic carbocycles. The zero-order chi connectivity index (χ0) is 9.26. The lowest BCUT2D eigenvalue weighted by atomic mass is 9.91. The standard InChI is InChI=1S/C12H15N/c1-3-11-9(2)8-10-6-4-5-7-12(10)13-11/h4-7,9H,3,8H2,1-2H3/t9-/m1/s1. The first kappa shape index (κ1) is 8.49. The Morgan fingerprint density at radius 1 is 1.38 bits per heavy atom. The Morgan fingerprint density at radius 3 is 2.92 bits per heavy atom. The summed E-state index contributed by atoms with van der Waals surface area (Å²) in [5.74, 6) is 0.625. The summed E-state index contributed by atoms with van der Waals surface area (Å²) in [4.78, 5) is 4.66. The summed E-state index contributed by atoms with van der Waals surface area (Å²) in [5, 5.41) is 0. The molecule has 1 aliphatic heterocycles. The molecule has 0 aromatic heterocycles. The molecule has 0 unspecified atom stereocenters. The third-order valence-corrected chi connectivity index (χ3v) is 2.71. The molecule has 0 spiro atoms. The molecule has 0 bridgehead atoms. The highest BCUT2D eigenvalue weighted by molar-refractivity contribution is 5.90. The van der Waals surface area contributed by atoms with Crippen LogP contribution in [0.2, 0.25) is 0 Å². The van der Waals surface area contributed by atoms with Crippen molar-refractivity contribution < 1.29 is 0 Å². The molecule has 0 radical (unpaired) electrons. The highest BCUT2D eigenvalue weighted by Gasteiger charge is 2.16.